The van der Waals surface area contributed by atoms with Crippen LogP contribution in [0.4, 0.5) is 17.6 Å². The van der Waals surface area contributed by atoms with Gasteiger partial charge in [-0.05, 0) is 25.0 Å². The van der Waals surface area contributed by atoms with E-state index in [1.54, 1.807) is 0 Å². The third kappa shape index (κ3) is 2.81. The molecule has 1 aromatic carbocycles. The molecule has 0 bridgehead atoms. The highest BCUT2D eigenvalue weighted by Gasteiger charge is 2.34. The SMILES string of the molecule is O=c1cc(-c2ccc(C(F)(F)F)c(F)c2)nc(C2CC2)[nH]1. The number of benzene rings is 1. The number of hydrogen-bond acceptors (Lipinski definition) is 2. The molecule has 0 saturated heterocycles. The number of hydrogen-bond donors (Lipinski definition) is 1. The van der Waals surface area contributed by atoms with E-state index in [0.717, 1.165) is 31.0 Å². The number of aromatic amines is 1. The summed E-state index contributed by atoms with van der Waals surface area (Å²) in [4.78, 5) is 18.3. The topological polar surface area (TPSA) is 45.8 Å². The standard InChI is InChI=1S/C14H10F4N2O/c15-10-5-8(3-4-9(10)14(16,17)18)11-6-12(21)20-13(19-11)7-1-2-7/h3-7H,1-2H2,(H,19,20,21). The summed E-state index contributed by atoms with van der Waals surface area (Å²) in [6, 6.07) is 3.67. The molecule has 1 fully saturated rings. The van der Waals surface area contributed by atoms with E-state index in [1.165, 1.54) is 0 Å². The molecule has 7 heteroatoms. The second kappa shape index (κ2) is 4.68. The van der Waals surface area contributed by atoms with E-state index >= 15 is 0 Å². The molecule has 0 amide bonds. The fraction of sp³-hybridized carbons (Fsp3) is 0.286. The lowest BCUT2D eigenvalue weighted by Gasteiger charge is -2.09. The molecule has 3 rings (SSSR count). The lowest BCUT2D eigenvalue weighted by Crippen LogP contribution is -2.11. The number of H-pyrrole nitrogens is 1. The van der Waals surface area contributed by atoms with Crippen LogP contribution in [-0.2, 0) is 6.18 Å². The zero-order valence-electron chi connectivity index (χ0n) is 10.7. The van der Waals surface area contributed by atoms with Gasteiger partial charge in [0.2, 0.25) is 0 Å². The Kier molecular flexibility index (Phi) is 3.07. The first-order valence-electron chi connectivity index (χ1n) is 6.33. The summed E-state index contributed by atoms with van der Waals surface area (Å²) in [5.74, 6) is -0.704. The molecule has 21 heavy (non-hydrogen) atoms. The first-order chi connectivity index (χ1) is 9.84. The van der Waals surface area contributed by atoms with Gasteiger partial charge < -0.3 is 4.98 Å². The average molecular weight is 298 g/mol. The number of alkyl halides is 3. The van der Waals surface area contributed by atoms with Crippen molar-refractivity contribution in [3.8, 4) is 11.3 Å². The predicted octanol–water partition coefficient (Wildman–Crippen LogP) is 3.47. The summed E-state index contributed by atoms with van der Waals surface area (Å²) in [5, 5.41) is 0. The van der Waals surface area contributed by atoms with E-state index in [2.05, 4.69) is 9.97 Å². The Morgan fingerprint density at radius 2 is 1.90 bits per heavy atom. The Morgan fingerprint density at radius 3 is 2.48 bits per heavy atom. The lowest BCUT2D eigenvalue weighted by atomic mass is 10.1. The van der Waals surface area contributed by atoms with Crippen molar-refractivity contribution in [2.45, 2.75) is 24.9 Å². The molecular formula is C14H10F4N2O. The normalized spacial score (nSPS) is 15.2. The third-order valence-corrected chi connectivity index (χ3v) is 3.29. The van der Waals surface area contributed by atoms with E-state index < -0.39 is 23.1 Å². The minimum absolute atomic E-state index is 0.147. The fourth-order valence-electron chi connectivity index (χ4n) is 2.08. The summed E-state index contributed by atoms with van der Waals surface area (Å²) in [7, 11) is 0. The van der Waals surface area contributed by atoms with Gasteiger partial charge in [0.15, 0.2) is 0 Å². The van der Waals surface area contributed by atoms with Gasteiger partial charge in [-0.15, -0.1) is 0 Å². The van der Waals surface area contributed by atoms with Crippen molar-refractivity contribution in [3.63, 3.8) is 0 Å². The molecule has 110 valence electrons. The van der Waals surface area contributed by atoms with Crippen molar-refractivity contribution in [3.05, 3.63) is 51.8 Å². The molecule has 2 aromatic rings. The molecule has 1 aliphatic rings. The van der Waals surface area contributed by atoms with Gasteiger partial charge in [-0.3, -0.25) is 4.79 Å². The Morgan fingerprint density at radius 1 is 1.19 bits per heavy atom. The van der Waals surface area contributed by atoms with E-state index in [0.29, 0.717) is 11.9 Å². The van der Waals surface area contributed by atoms with Crippen LogP contribution in [0.15, 0.2) is 29.1 Å². The van der Waals surface area contributed by atoms with Gasteiger partial charge in [-0.1, -0.05) is 6.07 Å². The zero-order valence-corrected chi connectivity index (χ0v) is 10.7. The summed E-state index contributed by atoms with van der Waals surface area (Å²) in [6.45, 7) is 0. The van der Waals surface area contributed by atoms with Crippen LogP contribution in [0.2, 0.25) is 0 Å². The van der Waals surface area contributed by atoms with Gasteiger partial charge in [-0.25, -0.2) is 9.37 Å². The van der Waals surface area contributed by atoms with Crippen molar-refractivity contribution in [1.82, 2.24) is 9.97 Å². The molecule has 1 saturated carbocycles. The second-order valence-corrected chi connectivity index (χ2v) is 4.98. The molecule has 0 aliphatic heterocycles. The molecule has 0 radical (unpaired) electrons. The molecule has 0 spiro atoms. The third-order valence-electron chi connectivity index (χ3n) is 3.29. The first-order valence-corrected chi connectivity index (χ1v) is 6.33. The van der Waals surface area contributed by atoms with Gasteiger partial charge in [0, 0.05) is 17.5 Å². The Bertz CT molecular complexity index is 747. The fourth-order valence-corrected chi connectivity index (χ4v) is 2.08. The molecule has 3 nitrogen and oxygen atoms in total. The largest absolute Gasteiger partial charge is 0.419 e. The van der Waals surface area contributed by atoms with Gasteiger partial charge in [0.25, 0.3) is 5.56 Å². The quantitative estimate of drug-likeness (QED) is 0.863. The maximum absolute atomic E-state index is 13.6. The van der Waals surface area contributed by atoms with Crippen molar-refractivity contribution >= 4 is 0 Å². The number of rotatable bonds is 2. The van der Waals surface area contributed by atoms with Crippen LogP contribution in [0, 0.1) is 5.82 Å². The summed E-state index contributed by atoms with van der Waals surface area (Å²) >= 11 is 0. The number of aromatic nitrogens is 2. The Hall–Kier alpha value is -2.18. The molecule has 0 unspecified atom stereocenters. The van der Waals surface area contributed by atoms with Crippen molar-refractivity contribution in [2.75, 3.05) is 0 Å². The van der Waals surface area contributed by atoms with Gasteiger partial charge in [0.1, 0.15) is 11.6 Å². The Labute approximate surface area is 116 Å². The van der Waals surface area contributed by atoms with Crippen molar-refractivity contribution in [2.24, 2.45) is 0 Å². The van der Waals surface area contributed by atoms with E-state index in [-0.39, 0.29) is 17.2 Å². The summed E-state index contributed by atoms with van der Waals surface area (Å²) in [6.07, 6.45) is -2.93. The minimum atomic E-state index is -4.75. The highest BCUT2D eigenvalue weighted by atomic mass is 19.4. The van der Waals surface area contributed by atoms with Crippen LogP contribution in [0.5, 0.6) is 0 Å². The molecule has 0 atom stereocenters. The lowest BCUT2D eigenvalue weighted by molar-refractivity contribution is -0.139. The molecule has 1 N–H and O–H groups in total. The van der Waals surface area contributed by atoms with Crippen molar-refractivity contribution < 1.29 is 17.6 Å². The number of halogens is 4. The highest BCUT2D eigenvalue weighted by molar-refractivity contribution is 5.59. The van der Waals surface area contributed by atoms with Gasteiger partial charge in [0.05, 0.1) is 11.3 Å². The van der Waals surface area contributed by atoms with Crippen LogP contribution in [0.25, 0.3) is 11.3 Å². The smallest absolute Gasteiger partial charge is 0.310 e. The number of nitrogens with one attached hydrogen (secondary N) is 1. The van der Waals surface area contributed by atoms with Crippen LogP contribution >= 0.6 is 0 Å². The molecule has 1 aliphatic carbocycles. The van der Waals surface area contributed by atoms with E-state index in [1.807, 2.05) is 0 Å². The summed E-state index contributed by atoms with van der Waals surface area (Å²) in [5.41, 5.74) is -1.41. The van der Waals surface area contributed by atoms with E-state index in [4.69, 9.17) is 0 Å². The molecule has 1 aromatic heterocycles. The Balaban J connectivity index is 2.05. The van der Waals surface area contributed by atoms with Crippen LogP contribution in [0.1, 0.15) is 30.1 Å². The number of nitrogens with zero attached hydrogens (tertiary/aromatic N) is 1. The monoisotopic (exact) mass is 298 g/mol. The van der Waals surface area contributed by atoms with Crippen LogP contribution in [0.3, 0.4) is 0 Å². The maximum atomic E-state index is 13.6. The molecular weight excluding hydrogens is 288 g/mol. The predicted molar refractivity (Wildman–Crippen MR) is 67.2 cm³/mol. The zero-order chi connectivity index (χ0) is 15.2. The van der Waals surface area contributed by atoms with Crippen LogP contribution in [-0.4, -0.2) is 9.97 Å². The minimum Gasteiger partial charge on any atom is -0.310 e. The first kappa shape index (κ1) is 13.8. The highest BCUT2D eigenvalue weighted by Crippen LogP contribution is 2.38. The molecule has 1 heterocycles. The van der Waals surface area contributed by atoms with Crippen molar-refractivity contribution in [1.29, 1.82) is 0 Å². The average Bonchev–Trinajstić information content (AvgIpc) is 3.20. The second-order valence-electron chi connectivity index (χ2n) is 4.98. The van der Waals surface area contributed by atoms with Gasteiger partial charge in [-0.2, -0.15) is 13.2 Å². The van der Waals surface area contributed by atoms with Gasteiger partial charge >= 0.3 is 6.18 Å². The maximum Gasteiger partial charge on any atom is 0.419 e. The van der Waals surface area contributed by atoms with Crippen LogP contribution < -0.4 is 5.56 Å². The summed E-state index contributed by atoms with van der Waals surface area (Å²) < 4.78 is 51.1. The van der Waals surface area contributed by atoms with E-state index in [9.17, 15) is 22.4 Å².